The van der Waals surface area contributed by atoms with Gasteiger partial charge >= 0.3 is 6.09 Å². The first kappa shape index (κ1) is 13.1. The number of hydrogen-bond donors (Lipinski definition) is 0. The normalized spacial score (nSPS) is 20.9. The fourth-order valence-electron chi connectivity index (χ4n) is 3.08. The van der Waals surface area contributed by atoms with Crippen molar-refractivity contribution in [3.63, 3.8) is 0 Å². The van der Waals surface area contributed by atoms with Crippen LogP contribution in [0.15, 0.2) is 40.8 Å². The van der Waals surface area contributed by atoms with E-state index in [1.54, 1.807) is 6.07 Å². The van der Waals surface area contributed by atoms with Crippen LogP contribution < -0.4 is 4.90 Å². The fourth-order valence-corrected chi connectivity index (χ4v) is 3.08. The standard InChI is InChI=1S/C17H15NO4/c19-14-7-4-8-15-12(14)9-16(22-15)18-13(10-21-17(18)20)11-5-2-1-3-6-11/h1-3,5-6,9,13H,4,7-8,10H2/t13-/m0/s1. The summed E-state index contributed by atoms with van der Waals surface area (Å²) in [5.41, 5.74) is 1.59. The van der Waals surface area contributed by atoms with Gasteiger partial charge in [0.1, 0.15) is 18.4 Å². The van der Waals surface area contributed by atoms with E-state index in [4.69, 9.17) is 9.15 Å². The van der Waals surface area contributed by atoms with E-state index in [2.05, 4.69) is 0 Å². The summed E-state index contributed by atoms with van der Waals surface area (Å²) in [7, 11) is 0. The van der Waals surface area contributed by atoms with Crippen molar-refractivity contribution in [3.05, 3.63) is 53.3 Å². The predicted molar refractivity (Wildman–Crippen MR) is 79.0 cm³/mol. The Labute approximate surface area is 127 Å². The molecule has 4 rings (SSSR count). The van der Waals surface area contributed by atoms with Crippen LogP contribution in [0.25, 0.3) is 0 Å². The van der Waals surface area contributed by atoms with Crippen molar-refractivity contribution < 1.29 is 18.7 Å². The molecule has 0 saturated carbocycles. The summed E-state index contributed by atoms with van der Waals surface area (Å²) in [5.74, 6) is 1.16. The second kappa shape index (κ2) is 5.02. The largest absolute Gasteiger partial charge is 0.446 e. The van der Waals surface area contributed by atoms with Gasteiger partial charge in [-0.15, -0.1) is 0 Å². The number of rotatable bonds is 2. The van der Waals surface area contributed by atoms with Crippen molar-refractivity contribution in [3.8, 4) is 0 Å². The van der Waals surface area contributed by atoms with Gasteiger partial charge in [-0.2, -0.15) is 0 Å². The minimum absolute atomic E-state index is 0.0834. The van der Waals surface area contributed by atoms with E-state index in [1.165, 1.54) is 4.90 Å². The first-order valence-electron chi connectivity index (χ1n) is 7.41. The smallest absolute Gasteiger partial charge is 0.417 e. The van der Waals surface area contributed by atoms with Crippen LogP contribution in [0.4, 0.5) is 10.7 Å². The van der Waals surface area contributed by atoms with Crippen molar-refractivity contribution in [1.29, 1.82) is 0 Å². The first-order chi connectivity index (χ1) is 10.7. The van der Waals surface area contributed by atoms with Crippen molar-refractivity contribution in [2.75, 3.05) is 11.5 Å². The number of benzene rings is 1. The summed E-state index contributed by atoms with van der Waals surface area (Å²) in [6.45, 7) is 0.280. The molecule has 2 heterocycles. The van der Waals surface area contributed by atoms with E-state index in [9.17, 15) is 9.59 Å². The molecule has 22 heavy (non-hydrogen) atoms. The number of ether oxygens (including phenoxy) is 1. The Morgan fingerprint density at radius 1 is 1.09 bits per heavy atom. The summed E-state index contributed by atoms with van der Waals surface area (Å²) >= 11 is 0. The van der Waals surface area contributed by atoms with Crippen molar-refractivity contribution >= 4 is 17.8 Å². The number of cyclic esters (lactones) is 1. The van der Waals surface area contributed by atoms with Crippen LogP contribution in [0, 0.1) is 0 Å². The number of furan rings is 1. The maximum absolute atomic E-state index is 12.1. The molecule has 5 heteroatoms. The number of Topliss-reactive ketones (excluding diaryl/α,β-unsaturated/α-hetero) is 1. The minimum atomic E-state index is -0.438. The van der Waals surface area contributed by atoms with E-state index >= 15 is 0 Å². The van der Waals surface area contributed by atoms with Crippen LogP contribution in [0.1, 0.15) is 40.6 Å². The summed E-state index contributed by atoms with van der Waals surface area (Å²) in [6.07, 6.45) is 1.64. The van der Waals surface area contributed by atoms with E-state index in [0.717, 1.165) is 18.4 Å². The van der Waals surface area contributed by atoms with Crippen molar-refractivity contribution in [2.24, 2.45) is 0 Å². The average molecular weight is 297 g/mol. The molecule has 1 aliphatic heterocycles. The van der Waals surface area contributed by atoms with Crippen LogP contribution >= 0.6 is 0 Å². The van der Waals surface area contributed by atoms with Crippen molar-refractivity contribution in [1.82, 2.24) is 0 Å². The zero-order valence-corrected chi connectivity index (χ0v) is 12.0. The minimum Gasteiger partial charge on any atom is -0.446 e. The number of hydrogen-bond acceptors (Lipinski definition) is 4. The molecule has 1 aliphatic carbocycles. The lowest BCUT2D eigenvalue weighted by Crippen LogP contribution is -2.26. The molecule has 1 saturated heterocycles. The van der Waals surface area contributed by atoms with Gasteiger partial charge in [0.15, 0.2) is 5.78 Å². The SMILES string of the molecule is O=C1CCCc2oc(N3C(=O)OC[C@H]3c3ccccc3)cc21. The Hall–Kier alpha value is -2.56. The maximum atomic E-state index is 12.1. The van der Waals surface area contributed by atoms with Gasteiger partial charge in [-0.25, -0.2) is 9.69 Å². The fraction of sp³-hybridized carbons (Fsp3) is 0.294. The van der Waals surface area contributed by atoms with Gasteiger partial charge in [-0.1, -0.05) is 30.3 Å². The van der Waals surface area contributed by atoms with Gasteiger partial charge < -0.3 is 9.15 Å². The lowest BCUT2D eigenvalue weighted by Gasteiger charge is -2.18. The van der Waals surface area contributed by atoms with Gasteiger partial charge in [0, 0.05) is 18.9 Å². The average Bonchev–Trinajstić information content (AvgIpc) is 3.12. The molecule has 1 aromatic heterocycles. The third-order valence-corrected chi connectivity index (χ3v) is 4.20. The summed E-state index contributed by atoms with van der Waals surface area (Å²) in [4.78, 5) is 25.6. The Morgan fingerprint density at radius 3 is 2.68 bits per heavy atom. The van der Waals surface area contributed by atoms with Gasteiger partial charge in [0.2, 0.25) is 5.88 Å². The molecule has 2 aliphatic rings. The Morgan fingerprint density at radius 2 is 1.91 bits per heavy atom. The highest BCUT2D eigenvalue weighted by Gasteiger charge is 2.38. The Bertz CT molecular complexity index is 734. The topological polar surface area (TPSA) is 59.8 Å². The van der Waals surface area contributed by atoms with E-state index in [-0.39, 0.29) is 18.4 Å². The molecule has 112 valence electrons. The summed E-state index contributed by atoms with van der Waals surface area (Å²) in [6, 6.07) is 11.1. The third kappa shape index (κ3) is 2.01. The molecule has 0 bridgehead atoms. The number of amides is 1. The van der Waals surface area contributed by atoms with Crippen LogP contribution in [0.5, 0.6) is 0 Å². The van der Waals surface area contributed by atoms with Gasteiger partial charge in [-0.05, 0) is 12.0 Å². The number of ketones is 1. The van der Waals surface area contributed by atoms with Crippen LogP contribution in [0.3, 0.4) is 0 Å². The second-order valence-corrected chi connectivity index (χ2v) is 5.57. The monoisotopic (exact) mass is 297 g/mol. The zero-order chi connectivity index (χ0) is 15.1. The summed E-state index contributed by atoms with van der Waals surface area (Å²) < 4.78 is 11.0. The summed E-state index contributed by atoms with van der Waals surface area (Å²) in [5, 5.41) is 0. The van der Waals surface area contributed by atoms with Crippen LogP contribution in [0.2, 0.25) is 0 Å². The van der Waals surface area contributed by atoms with E-state index in [0.29, 0.717) is 23.6 Å². The third-order valence-electron chi connectivity index (χ3n) is 4.20. The number of nitrogens with zero attached hydrogens (tertiary/aromatic N) is 1. The molecular formula is C17H15NO4. The van der Waals surface area contributed by atoms with Gasteiger partial charge in [0.25, 0.3) is 0 Å². The van der Waals surface area contributed by atoms with E-state index < -0.39 is 6.09 Å². The highest BCUT2D eigenvalue weighted by Crippen LogP contribution is 2.37. The lowest BCUT2D eigenvalue weighted by molar-refractivity contribution is 0.0969. The number of carbonyl (C=O) groups excluding carboxylic acids is 2. The molecule has 0 N–H and O–H groups in total. The first-order valence-corrected chi connectivity index (χ1v) is 7.41. The van der Waals surface area contributed by atoms with Gasteiger partial charge in [0.05, 0.1) is 5.56 Å². The second-order valence-electron chi connectivity index (χ2n) is 5.57. The number of fused-ring (bicyclic) bond motifs is 1. The lowest BCUT2D eigenvalue weighted by atomic mass is 9.97. The van der Waals surface area contributed by atoms with Crippen molar-refractivity contribution in [2.45, 2.75) is 25.3 Å². The molecule has 0 spiro atoms. The molecule has 2 aromatic rings. The molecule has 1 fully saturated rings. The molecule has 5 nitrogen and oxygen atoms in total. The molecule has 0 radical (unpaired) electrons. The molecule has 1 aromatic carbocycles. The maximum Gasteiger partial charge on any atom is 0.417 e. The highest BCUT2D eigenvalue weighted by atomic mass is 16.6. The van der Waals surface area contributed by atoms with E-state index in [1.807, 2.05) is 30.3 Å². The molecule has 1 atom stereocenters. The molecular weight excluding hydrogens is 282 g/mol. The van der Waals surface area contributed by atoms with Crippen LogP contribution in [-0.4, -0.2) is 18.5 Å². The molecule has 1 amide bonds. The highest BCUT2D eigenvalue weighted by molar-refractivity contribution is 6.00. The zero-order valence-electron chi connectivity index (χ0n) is 12.0. The number of anilines is 1. The van der Waals surface area contributed by atoms with Crippen LogP contribution in [-0.2, 0) is 11.2 Å². The molecule has 0 unspecified atom stereocenters. The number of carbonyl (C=O) groups is 2. The number of aryl methyl sites for hydroxylation is 1. The quantitative estimate of drug-likeness (QED) is 0.851. The Kier molecular flexibility index (Phi) is 2.99. The van der Waals surface area contributed by atoms with Gasteiger partial charge in [-0.3, -0.25) is 4.79 Å². The Balaban J connectivity index is 1.73. The predicted octanol–water partition coefficient (Wildman–Crippen LogP) is 3.50.